The maximum absolute atomic E-state index is 4.47. The van der Waals surface area contributed by atoms with E-state index in [1.807, 2.05) is 18.2 Å². The molecule has 0 spiro atoms. The van der Waals surface area contributed by atoms with Gasteiger partial charge in [-0.05, 0) is 59.5 Å². The van der Waals surface area contributed by atoms with E-state index in [1.165, 1.54) is 30.6 Å². The molecular formula is C17H20BrN3. The van der Waals surface area contributed by atoms with Crippen LogP contribution in [-0.4, -0.2) is 18.1 Å². The molecule has 0 atom stereocenters. The molecule has 0 aliphatic carbocycles. The number of hydrogen-bond donors (Lipinski definition) is 1. The molecule has 4 heteroatoms. The molecule has 1 aliphatic rings. The van der Waals surface area contributed by atoms with E-state index >= 15 is 0 Å². The van der Waals surface area contributed by atoms with Crippen molar-refractivity contribution in [1.82, 2.24) is 4.98 Å². The number of rotatable bonds is 4. The summed E-state index contributed by atoms with van der Waals surface area (Å²) < 4.78 is 0.881. The fraction of sp³-hybridized carbons (Fsp3) is 0.353. The second kappa shape index (κ2) is 6.94. The molecule has 1 aliphatic heterocycles. The summed E-state index contributed by atoms with van der Waals surface area (Å²) in [5.41, 5.74) is 3.55. The highest BCUT2D eigenvalue weighted by molar-refractivity contribution is 9.10. The zero-order chi connectivity index (χ0) is 14.5. The number of nitrogens with one attached hydrogen (secondary N) is 1. The number of nitrogens with zero attached hydrogens (tertiary/aromatic N) is 2. The summed E-state index contributed by atoms with van der Waals surface area (Å²) >= 11 is 3.42. The zero-order valence-electron chi connectivity index (χ0n) is 12.1. The summed E-state index contributed by atoms with van der Waals surface area (Å²) in [6.45, 7) is 3.06. The second-order valence-electron chi connectivity index (χ2n) is 5.37. The van der Waals surface area contributed by atoms with Crippen LogP contribution in [0.1, 0.15) is 25.0 Å². The smallest absolute Gasteiger partial charge is 0.106 e. The number of benzene rings is 1. The molecule has 3 nitrogen and oxygen atoms in total. The average molecular weight is 346 g/mol. The highest BCUT2D eigenvalue weighted by Crippen LogP contribution is 2.28. The van der Waals surface area contributed by atoms with Crippen LogP contribution >= 0.6 is 15.9 Å². The van der Waals surface area contributed by atoms with Crippen LogP contribution in [0, 0.1) is 0 Å². The first-order chi connectivity index (χ1) is 10.3. The standard InChI is InChI=1S/C17H20BrN3/c18-17-10-6-7-14(20-17)13-19-15-8-2-3-9-16(15)21-11-4-1-5-12-21/h2-3,6-10,19H,1,4-5,11-13H2. The summed E-state index contributed by atoms with van der Waals surface area (Å²) in [5.74, 6) is 0. The Bertz CT molecular complexity index is 594. The molecule has 0 unspecified atom stereocenters. The van der Waals surface area contributed by atoms with Gasteiger partial charge in [-0.2, -0.15) is 0 Å². The van der Waals surface area contributed by atoms with Gasteiger partial charge < -0.3 is 10.2 Å². The van der Waals surface area contributed by atoms with Gasteiger partial charge in [-0.3, -0.25) is 0 Å². The molecule has 2 aromatic rings. The third-order valence-electron chi connectivity index (χ3n) is 3.83. The molecule has 1 fully saturated rings. The molecular weight excluding hydrogens is 326 g/mol. The minimum absolute atomic E-state index is 0.740. The van der Waals surface area contributed by atoms with Crippen molar-refractivity contribution >= 4 is 27.3 Å². The summed E-state index contributed by atoms with van der Waals surface area (Å²) in [7, 11) is 0. The first-order valence-electron chi connectivity index (χ1n) is 7.52. The Hall–Kier alpha value is -1.55. The number of aromatic nitrogens is 1. The lowest BCUT2D eigenvalue weighted by Gasteiger charge is -2.30. The van der Waals surface area contributed by atoms with Gasteiger partial charge in [-0.15, -0.1) is 0 Å². The van der Waals surface area contributed by atoms with Gasteiger partial charge in [-0.25, -0.2) is 4.98 Å². The van der Waals surface area contributed by atoms with Crippen LogP contribution in [0.2, 0.25) is 0 Å². The number of anilines is 2. The van der Waals surface area contributed by atoms with Crippen LogP contribution in [0.15, 0.2) is 47.1 Å². The molecule has 2 heterocycles. The van der Waals surface area contributed by atoms with Crippen molar-refractivity contribution in [2.75, 3.05) is 23.3 Å². The summed E-state index contributed by atoms with van der Waals surface area (Å²) in [6.07, 6.45) is 3.94. The molecule has 21 heavy (non-hydrogen) atoms. The minimum Gasteiger partial charge on any atom is -0.378 e. The normalized spacial score (nSPS) is 15.0. The van der Waals surface area contributed by atoms with E-state index in [2.05, 4.69) is 55.4 Å². The number of pyridine rings is 1. The van der Waals surface area contributed by atoms with Crippen LogP contribution in [-0.2, 0) is 6.54 Å². The van der Waals surface area contributed by atoms with Crippen LogP contribution in [0.4, 0.5) is 11.4 Å². The van der Waals surface area contributed by atoms with Crippen molar-refractivity contribution in [2.24, 2.45) is 0 Å². The molecule has 0 bridgehead atoms. The summed E-state index contributed by atoms with van der Waals surface area (Å²) in [4.78, 5) is 6.96. The topological polar surface area (TPSA) is 28.2 Å². The van der Waals surface area contributed by atoms with E-state index < -0.39 is 0 Å². The molecule has 3 rings (SSSR count). The lowest BCUT2D eigenvalue weighted by atomic mass is 10.1. The summed E-state index contributed by atoms with van der Waals surface area (Å²) in [5, 5.41) is 3.53. The number of para-hydroxylation sites is 2. The third kappa shape index (κ3) is 3.76. The fourth-order valence-corrected chi connectivity index (χ4v) is 3.15. The third-order valence-corrected chi connectivity index (χ3v) is 4.28. The van der Waals surface area contributed by atoms with Crippen LogP contribution in [0.25, 0.3) is 0 Å². The Morgan fingerprint density at radius 2 is 1.81 bits per heavy atom. The maximum Gasteiger partial charge on any atom is 0.106 e. The number of halogens is 1. The molecule has 0 amide bonds. The largest absolute Gasteiger partial charge is 0.378 e. The van der Waals surface area contributed by atoms with Crippen molar-refractivity contribution in [1.29, 1.82) is 0 Å². The van der Waals surface area contributed by atoms with E-state index in [0.29, 0.717) is 0 Å². The van der Waals surface area contributed by atoms with Gasteiger partial charge in [0, 0.05) is 13.1 Å². The van der Waals surface area contributed by atoms with Gasteiger partial charge in [0.05, 0.1) is 23.6 Å². The van der Waals surface area contributed by atoms with Gasteiger partial charge >= 0.3 is 0 Å². The Balaban J connectivity index is 1.73. The lowest BCUT2D eigenvalue weighted by molar-refractivity contribution is 0.578. The number of hydrogen-bond acceptors (Lipinski definition) is 3. The van der Waals surface area contributed by atoms with Crippen molar-refractivity contribution in [3.63, 3.8) is 0 Å². The van der Waals surface area contributed by atoms with E-state index in [1.54, 1.807) is 0 Å². The van der Waals surface area contributed by atoms with E-state index in [-0.39, 0.29) is 0 Å². The summed E-state index contributed by atoms with van der Waals surface area (Å²) in [6, 6.07) is 14.6. The predicted octanol–water partition coefficient (Wildman–Crippen LogP) is 4.45. The van der Waals surface area contributed by atoms with Crippen molar-refractivity contribution in [3.05, 3.63) is 52.8 Å². The molecule has 1 aromatic carbocycles. The Morgan fingerprint density at radius 3 is 2.62 bits per heavy atom. The van der Waals surface area contributed by atoms with Gasteiger partial charge in [0.1, 0.15) is 4.60 Å². The lowest BCUT2D eigenvalue weighted by Crippen LogP contribution is -2.30. The highest BCUT2D eigenvalue weighted by atomic mass is 79.9. The first kappa shape index (κ1) is 14.4. The SMILES string of the molecule is Brc1cccc(CNc2ccccc2N2CCCCC2)n1. The van der Waals surface area contributed by atoms with Crippen molar-refractivity contribution in [2.45, 2.75) is 25.8 Å². The maximum atomic E-state index is 4.47. The van der Waals surface area contributed by atoms with Crippen LogP contribution in [0.5, 0.6) is 0 Å². The molecule has 110 valence electrons. The monoisotopic (exact) mass is 345 g/mol. The zero-order valence-corrected chi connectivity index (χ0v) is 13.6. The quantitative estimate of drug-likeness (QED) is 0.830. The second-order valence-corrected chi connectivity index (χ2v) is 6.18. The molecule has 0 saturated carbocycles. The van der Waals surface area contributed by atoms with Gasteiger partial charge in [-0.1, -0.05) is 18.2 Å². The number of piperidine rings is 1. The van der Waals surface area contributed by atoms with Gasteiger partial charge in [0.15, 0.2) is 0 Å². The van der Waals surface area contributed by atoms with Gasteiger partial charge in [0.2, 0.25) is 0 Å². The van der Waals surface area contributed by atoms with Gasteiger partial charge in [0.25, 0.3) is 0 Å². The first-order valence-corrected chi connectivity index (χ1v) is 8.31. The fourth-order valence-electron chi connectivity index (χ4n) is 2.77. The Morgan fingerprint density at radius 1 is 1.00 bits per heavy atom. The minimum atomic E-state index is 0.740. The Labute approximate surface area is 134 Å². The molecule has 1 saturated heterocycles. The van der Waals surface area contributed by atoms with Crippen LogP contribution in [0.3, 0.4) is 0 Å². The molecule has 0 radical (unpaired) electrons. The van der Waals surface area contributed by atoms with Crippen molar-refractivity contribution in [3.8, 4) is 0 Å². The highest BCUT2D eigenvalue weighted by Gasteiger charge is 2.13. The van der Waals surface area contributed by atoms with E-state index in [4.69, 9.17) is 0 Å². The Kier molecular flexibility index (Phi) is 4.76. The average Bonchev–Trinajstić information content (AvgIpc) is 2.54. The van der Waals surface area contributed by atoms with E-state index in [0.717, 1.165) is 29.9 Å². The van der Waals surface area contributed by atoms with Crippen molar-refractivity contribution < 1.29 is 0 Å². The molecule has 1 aromatic heterocycles. The van der Waals surface area contributed by atoms with E-state index in [9.17, 15) is 0 Å². The van der Waals surface area contributed by atoms with Crippen LogP contribution < -0.4 is 10.2 Å². The predicted molar refractivity (Wildman–Crippen MR) is 91.8 cm³/mol. The molecule has 1 N–H and O–H groups in total.